The molecule has 0 saturated heterocycles. The normalized spacial score (nSPS) is 11.9. The molecule has 6 heteroatoms. The van der Waals surface area contributed by atoms with Crippen molar-refractivity contribution in [3.05, 3.63) is 170 Å². The number of fused-ring (bicyclic) bond motifs is 11. The molecule has 0 N–H and O–H groups in total. The average Bonchev–Trinajstić information content (AvgIpc) is 3.84. The van der Waals surface area contributed by atoms with Crippen LogP contribution in [-0.4, -0.2) is 19.9 Å². The highest BCUT2D eigenvalue weighted by atomic mass is 16.3. The molecule has 0 radical (unpaired) electrons. The molecule has 0 fully saturated rings. The molecule has 56 heavy (non-hydrogen) atoms. The van der Waals surface area contributed by atoms with E-state index in [4.69, 9.17) is 23.8 Å². The zero-order chi connectivity index (χ0) is 36.7. The molecule has 4 heterocycles. The largest absolute Gasteiger partial charge is 0.456 e. The number of rotatable bonds is 4. The van der Waals surface area contributed by atoms with Gasteiger partial charge < -0.3 is 8.83 Å². The third-order valence-corrected chi connectivity index (χ3v) is 11.0. The van der Waals surface area contributed by atoms with E-state index in [0.29, 0.717) is 17.5 Å². The summed E-state index contributed by atoms with van der Waals surface area (Å²) in [7, 11) is 0. The van der Waals surface area contributed by atoms with Crippen molar-refractivity contribution in [3.63, 3.8) is 0 Å². The van der Waals surface area contributed by atoms with Gasteiger partial charge in [0.2, 0.25) is 0 Å². The van der Waals surface area contributed by atoms with Crippen molar-refractivity contribution in [3.8, 4) is 45.3 Å². The lowest BCUT2D eigenvalue weighted by atomic mass is 9.91. The van der Waals surface area contributed by atoms with Crippen LogP contribution in [0.1, 0.15) is 0 Å². The second-order valence-corrected chi connectivity index (χ2v) is 14.2. The van der Waals surface area contributed by atoms with Crippen LogP contribution in [0.2, 0.25) is 0 Å². The first kappa shape index (κ1) is 30.7. The van der Waals surface area contributed by atoms with Crippen LogP contribution >= 0.6 is 0 Å². The molecular formula is C50H28N4O2. The molecular weight excluding hydrogens is 689 g/mol. The maximum Gasteiger partial charge on any atom is 0.164 e. The number of aromatic nitrogens is 4. The Kier molecular flexibility index (Phi) is 6.53. The molecule has 0 spiro atoms. The van der Waals surface area contributed by atoms with Gasteiger partial charge in [-0.2, -0.15) is 0 Å². The van der Waals surface area contributed by atoms with E-state index in [-0.39, 0.29) is 0 Å². The third kappa shape index (κ3) is 4.69. The van der Waals surface area contributed by atoms with Gasteiger partial charge in [-0.15, -0.1) is 0 Å². The molecule has 6 nitrogen and oxygen atoms in total. The van der Waals surface area contributed by atoms with Gasteiger partial charge in [0.05, 0.1) is 0 Å². The standard InChI is InChI=1S/C50H28N4O2/c1-2-10-37-34(8-1)40(26-32-21-18-30-24-25-51-28-41(30)46(32)37)29-16-19-31(20-17-29)48-52-49(33-22-23-36-35-9-3-5-13-42(35)56-45(36)27-33)54-50(53-48)39-12-7-15-44-47(39)38-11-4-6-14-43(38)55-44/h1-28H. The Labute approximate surface area is 319 Å². The SMILES string of the molecule is c1ccc2c(c1)oc1cc(-c3nc(-c4ccc(-c5cc6ccc7ccncc7c6c6ccccc56)cc4)nc(-c4cccc5oc6ccccc6c45)n3)ccc12. The van der Waals surface area contributed by atoms with Gasteiger partial charge in [0.25, 0.3) is 0 Å². The fraction of sp³-hybridized carbons (Fsp3) is 0. The Hall–Kier alpha value is -7.70. The lowest BCUT2D eigenvalue weighted by molar-refractivity contribution is 0.668. The molecule has 0 amide bonds. The molecule has 0 saturated carbocycles. The Bertz CT molecular complexity index is 3550. The van der Waals surface area contributed by atoms with Crippen LogP contribution in [0.4, 0.5) is 0 Å². The molecule has 4 aromatic heterocycles. The van der Waals surface area contributed by atoms with Gasteiger partial charge in [-0.05, 0) is 80.5 Å². The highest BCUT2D eigenvalue weighted by Crippen LogP contribution is 2.40. The molecule has 0 aliphatic rings. The number of pyridine rings is 1. The first-order chi connectivity index (χ1) is 27.7. The lowest BCUT2D eigenvalue weighted by Crippen LogP contribution is -2.00. The zero-order valence-corrected chi connectivity index (χ0v) is 29.8. The molecule has 0 atom stereocenters. The number of para-hydroxylation sites is 2. The van der Waals surface area contributed by atoms with Gasteiger partial charge in [-0.1, -0.05) is 115 Å². The summed E-state index contributed by atoms with van der Waals surface area (Å²) in [6.45, 7) is 0. The topological polar surface area (TPSA) is 77.8 Å². The highest BCUT2D eigenvalue weighted by Gasteiger charge is 2.19. The fourth-order valence-electron chi connectivity index (χ4n) is 8.39. The molecule has 0 aliphatic carbocycles. The summed E-state index contributed by atoms with van der Waals surface area (Å²) in [5, 5.41) is 11.2. The molecule has 0 aliphatic heterocycles. The van der Waals surface area contributed by atoms with E-state index in [0.717, 1.165) is 77.1 Å². The summed E-state index contributed by atoms with van der Waals surface area (Å²) in [5.41, 5.74) is 8.11. The van der Waals surface area contributed by atoms with Gasteiger partial charge in [0.1, 0.15) is 22.3 Å². The van der Waals surface area contributed by atoms with Crippen molar-refractivity contribution in [2.45, 2.75) is 0 Å². The van der Waals surface area contributed by atoms with Gasteiger partial charge in [0.15, 0.2) is 17.5 Å². The molecule has 0 unspecified atom stereocenters. The van der Waals surface area contributed by atoms with Crippen molar-refractivity contribution in [1.82, 2.24) is 19.9 Å². The Morgan fingerprint density at radius 3 is 1.82 bits per heavy atom. The number of hydrogen-bond donors (Lipinski definition) is 0. The predicted molar refractivity (Wildman–Crippen MR) is 226 cm³/mol. The summed E-state index contributed by atoms with van der Waals surface area (Å²) >= 11 is 0. The van der Waals surface area contributed by atoms with Crippen molar-refractivity contribution in [2.75, 3.05) is 0 Å². The van der Waals surface area contributed by atoms with Crippen LogP contribution in [0, 0.1) is 0 Å². The number of benzene rings is 8. The molecule has 12 rings (SSSR count). The Morgan fingerprint density at radius 1 is 0.339 bits per heavy atom. The highest BCUT2D eigenvalue weighted by molar-refractivity contribution is 6.23. The van der Waals surface area contributed by atoms with Gasteiger partial charge in [-0.3, -0.25) is 4.98 Å². The van der Waals surface area contributed by atoms with E-state index < -0.39 is 0 Å². The molecule has 0 bridgehead atoms. The maximum absolute atomic E-state index is 6.29. The molecule has 12 aromatic rings. The van der Waals surface area contributed by atoms with E-state index in [1.165, 1.54) is 26.9 Å². The van der Waals surface area contributed by atoms with Crippen LogP contribution in [0.5, 0.6) is 0 Å². The summed E-state index contributed by atoms with van der Waals surface area (Å²) < 4.78 is 12.6. The number of nitrogens with zero attached hydrogens (tertiary/aromatic N) is 4. The second-order valence-electron chi connectivity index (χ2n) is 14.2. The average molecular weight is 717 g/mol. The minimum absolute atomic E-state index is 0.559. The van der Waals surface area contributed by atoms with E-state index >= 15 is 0 Å². The second kappa shape index (κ2) is 11.9. The fourth-order valence-corrected chi connectivity index (χ4v) is 8.39. The molecule has 8 aromatic carbocycles. The predicted octanol–water partition coefficient (Wildman–Crippen LogP) is 13.2. The smallest absolute Gasteiger partial charge is 0.164 e. The van der Waals surface area contributed by atoms with Crippen molar-refractivity contribution in [1.29, 1.82) is 0 Å². The zero-order valence-electron chi connectivity index (χ0n) is 29.8. The summed E-state index contributed by atoms with van der Waals surface area (Å²) in [6, 6.07) is 54.3. The van der Waals surface area contributed by atoms with E-state index in [2.05, 4.69) is 108 Å². The van der Waals surface area contributed by atoms with Crippen LogP contribution in [-0.2, 0) is 0 Å². The lowest BCUT2D eigenvalue weighted by Gasteiger charge is -2.13. The van der Waals surface area contributed by atoms with Gasteiger partial charge in [-0.25, -0.2) is 15.0 Å². The summed E-state index contributed by atoms with van der Waals surface area (Å²) in [4.78, 5) is 19.9. The van der Waals surface area contributed by atoms with Gasteiger partial charge >= 0.3 is 0 Å². The van der Waals surface area contributed by atoms with Crippen molar-refractivity contribution >= 4 is 76.2 Å². The van der Waals surface area contributed by atoms with E-state index in [1.807, 2.05) is 67.0 Å². The number of furan rings is 2. The Morgan fingerprint density at radius 2 is 0.964 bits per heavy atom. The van der Waals surface area contributed by atoms with Crippen LogP contribution in [0.25, 0.3) is 121 Å². The molecule has 260 valence electrons. The first-order valence-electron chi connectivity index (χ1n) is 18.6. The van der Waals surface area contributed by atoms with E-state index in [9.17, 15) is 0 Å². The summed E-state index contributed by atoms with van der Waals surface area (Å²) in [5.74, 6) is 1.70. The maximum atomic E-state index is 6.29. The monoisotopic (exact) mass is 716 g/mol. The van der Waals surface area contributed by atoms with Crippen LogP contribution in [0.3, 0.4) is 0 Å². The van der Waals surface area contributed by atoms with Gasteiger partial charge in [0, 0.05) is 56.0 Å². The first-order valence-corrected chi connectivity index (χ1v) is 18.6. The van der Waals surface area contributed by atoms with Crippen molar-refractivity contribution in [2.24, 2.45) is 0 Å². The third-order valence-electron chi connectivity index (χ3n) is 11.0. The summed E-state index contributed by atoms with van der Waals surface area (Å²) in [6.07, 6.45) is 3.82. The van der Waals surface area contributed by atoms with E-state index in [1.54, 1.807) is 0 Å². The quantitative estimate of drug-likeness (QED) is 0.169. The minimum Gasteiger partial charge on any atom is -0.456 e. The Balaban J connectivity index is 1.04. The van der Waals surface area contributed by atoms with Crippen LogP contribution < -0.4 is 0 Å². The van der Waals surface area contributed by atoms with Crippen LogP contribution in [0.15, 0.2) is 179 Å². The minimum atomic E-state index is 0.559. The number of hydrogen-bond acceptors (Lipinski definition) is 6. The van der Waals surface area contributed by atoms with Crippen molar-refractivity contribution < 1.29 is 8.83 Å².